The highest BCUT2D eigenvalue weighted by Crippen LogP contribution is 2.31. The molecule has 2 N–H and O–H groups in total. The number of nitrogens with zero attached hydrogens (tertiary/aromatic N) is 2. The number of hydrogen-bond acceptors (Lipinski definition) is 3. The highest BCUT2D eigenvalue weighted by atomic mass is 19.4. The number of H-pyrrole nitrogens is 1. The number of carbonyl (C=O) groups excluding carboxylic acids is 1. The summed E-state index contributed by atoms with van der Waals surface area (Å²) in [5.41, 5.74) is -0.132. The van der Waals surface area contributed by atoms with Gasteiger partial charge in [0.2, 0.25) is 0 Å². The SMILES string of the molecule is Cc1[nH]c(-c2cccc(C(F)(F)F)c2)nc1C(=O)N(CCC(=O)O)CC(C)C. The van der Waals surface area contributed by atoms with Gasteiger partial charge in [-0.05, 0) is 25.0 Å². The van der Waals surface area contributed by atoms with Gasteiger partial charge in [-0.25, -0.2) is 4.98 Å². The molecule has 1 aromatic heterocycles. The van der Waals surface area contributed by atoms with Gasteiger partial charge in [0.25, 0.3) is 5.91 Å². The van der Waals surface area contributed by atoms with Crippen molar-refractivity contribution < 1.29 is 27.9 Å². The van der Waals surface area contributed by atoms with Crippen LogP contribution in [0.1, 0.15) is 42.0 Å². The van der Waals surface area contributed by atoms with E-state index in [-0.39, 0.29) is 36.0 Å². The first kappa shape index (κ1) is 21.5. The monoisotopic (exact) mass is 397 g/mol. The van der Waals surface area contributed by atoms with Crippen molar-refractivity contribution in [2.45, 2.75) is 33.4 Å². The molecule has 1 aromatic carbocycles. The first-order chi connectivity index (χ1) is 13.0. The number of carbonyl (C=O) groups is 2. The summed E-state index contributed by atoms with van der Waals surface area (Å²) in [5.74, 6) is -1.22. The molecule has 2 rings (SSSR count). The molecule has 0 aliphatic heterocycles. The molecule has 0 bridgehead atoms. The molecule has 0 fully saturated rings. The standard InChI is InChI=1S/C19H22F3N3O3/c1-11(2)10-25(8-7-15(26)27)18(28)16-12(3)23-17(24-16)13-5-4-6-14(9-13)19(20,21)22/h4-6,9,11H,7-8,10H2,1-3H3,(H,23,24)(H,26,27). The number of carboxylic acid groups (broad SMARTS) is 1. The number of alkyl halides is 3. The number of amides is 1. The Bertz CT molecular complexity index is 860. The lowest BCUT2D eigenvalue weighted by Gasteiger charge is -2.23. The van der Waals surface area contributed by atoms with E-state index in [0.29, 0.717) is 12.2 Å². The topological polar surface area (TPSA) is 86.3 Å². The molecule has 0 atom stereocenters. The van der Waals surface area contributed by atoms with Gasteiger partial charge in [-0.15, -0.1) is 0 Å². The van der Waals surface area contributed by atoms with Crippen LogP contribution in [0.25, 0.3) is 11.4 Å². The van der Waals surface area contributed by atoms with E-state index in [1.54, 1.807) is 6.92 Å². The van der Waals surface area contributed by atoms with Gasteiger partial charge in [-0.2, -0.15) is 13.2 Å². The summed E-state index contributed by atoms with van der Waals surface area (Å²) in [6.07, 6.45) is -4.69. The Morgan fingerprint density at radius 1 is 1.29 bits per heavy atom. The highest BCUT2D eigenvalue weighted by molar-refractivity contribution is 5.94. The summed E-state index contributed by atoms with van der Waals surface area (Å²) in [5, 5.41) is 8.90. The van der Waals surface area contributed by atoms with E-state index in [1.165, 1.54) is 17.0 Å². The molecule has 0 aliphatic rings. The molecule has 0 radical (unpaired) electrons. The number of hydrogen-bond donors (Lipinski definition) is 2. The van der Waals surface area contributed by atoms with Gasteiger partial charge in [0.1, 0.15) is 11.5 Å². The Kier molecular flexibility index (Phi) is 6.48. The van der Waals surface area contributed by atoms with E-state index in [9.17, 15) is 22.8 Å². The van der Waals surface area contributed by atoms with Gasteiger partial charge >= 0.3 is 12.1 Å². The summed E-state index contributed by atoms with van der Waals surface area (Å²) in [4.78, 5) is 32.2. The van der Waals surface area contributed by atoms with Gasteiger partial charge in [0, 0.05) is 24.3 Å². The first-order valence-corrected chi connectivity index (χ1v) is 8.74. The number of halogens is 3. The van der Waals surface area contributed by atoms with Crippen LogP contribution in [0.5, 0.6) is 0 Å². The smallest absolute Gasteiger partial charge is 0.416 e. The van der Waals surface area contributed by atoms with E-state index in [1.807, 2.05) is 13.8 Å². The Morgan fingerprint density at radius 2 is 1.96 bits per heavy atom. The average Bonchev–Trinajstić information content (AvgIpc) is 2.98. The van der Waals surface area contributed by atoms with Crippen LogP contribution in [0.2, 0.25) is 0 Å². The van der Waals surface area contributed by atoms with E-state index in [2.05, 4.69) is 9.97 Å². The second-order valence-electron chi connectivity index (χ2n) is 6.93. The van der Waals surface area contributed by atoms with Crippen molar-refractivity contribution in [1.29, 1.82) is 0 Å². The molecule has 1 heterocycles. The first-order valence-electron chi connectivity index (χ1n) is 8.74. The predicted molar refractivity (Wildman–Crippen MR) is 96.8 cm³/mol. The lowest BCUT2D eigenvalue weighted by Crippen LogP contribution is -2.36. The van der Waals surface area contributed by atoms with E-state index in [0.717, 1.165) is 12.1 Å². The maximum absolute atomic E-state index is 12.9. The third-order valence-electron chi connectivity index (χ3n) is 4.02. The van der Waals surface area contributed by atoms with Crippen LogP contribution >= 0.6 is 0 Å². The second-order valence-corrected chi connectivity index (χ2v) is 6.93. The maximum Gasteiger partial charge on any atom is 0.416 e. The highest BCUT2D eigenvalue weighted by Gasteiger charge is 2.31. The van der Waals surface area contributed by atoms with Crippen molar-refractivity contribution in [2.24, 2.45) is 5.92 Å². The van der Waals surface area contributed by atoms with Crippen LogP contribution in [0, 0.1) is 12.8 Å². The van der Waals surface area contributed by atoms with Gasteiger partial charge in [0.15, 0.2) is 0 Å². The third-order valence-corrected chi connectivity index (χ3v) is 4.02. The fourth-order valence-electron chi connectivity index (χ4n) is 2.75. The lowest BCUT2D eigenvalue weighted by molar-refractivity contribution is -0.138. The van der Waals surface area contributed by atoms with Crippen LogP contribution in [0.4, 0.5) is 13.2 Å². The maximum atomic E-state index is 12.9. The number of nitrogens with one attached hydrogen (secondary N) is 1. The average molecular weight is 397 g/mol. The number of aliphatic carboxylic acids is 1. The fraction of sp³-hybridized carbons (Fsp3) is 0.421. The summed E-state index contributed by atoms with van der Waals surface area (Å²) >= 11 is 0. The molecule has 0 saturated heterocycles. The Labute approximate surface area is 160 Å². The van der Waals surface area contributed by atoms with Crippen molar-refractivity contribution in [3.8, 4) is 11.4 Å². The quantitative estimate of drug-likeness (QED) is 0.740. The van der Waals surface area contributed by atoms with E-state index >= 15 is 0 Å². The molecule has 2 aromatic rings. The zero-order valence-corrected chi connectivity index (χ0v) is 15.8. The molecular formula is C19H22F3N3O3. The fourth-order valence-corrected chi connectivity index (χ4v) is 2.75. The predicted octanol–water partition coefficient (Wildman–Crippen LogP) is 3.98. The van der Waals surface area contributed by atoms with Crippen molar-refractivity contribution >= 4 is 11.9 Å². The van der Waals surface area contributed by atoms with Crippen LogP contribution in [-0.2, 0) is 11.0 Å². The summed E-state index contributed by atoms with van der Waals surface area (Å²) in [7, 11) is 0. The number of rotatable bonds is 7. The normalized spacial score (nSPS) is 11.7. The number of imidazole rings is 1. The molecule has 152 valence electrons. The Balaban J connectivity index is 2.33. The number of aromatic nitrogens is 2. The summed E-state index contributed by atoms with van der Waals surface area (Å²) in [6, 6.07) is 4.66. The van der Waals surface area contributed by atoms with E-state index in [4.69, 9.17) is 5.11 Å². The molecular weight excluding hydrogens is 375 g/mol. The Hall–Kier alpha value is -2.84. The Morgan fingerprint density at radius 3 is 2.54 bits per heavy atom. The molecule has 9 heteroatoms. The second kappa shape index (κ2) is 8.45. The molecule has 0 unspecified atom stereocenters. The number of benzene rings is 1. The van der Waals surface area contributed by atoms with Gasteiger partial charge in [-0.1, -0.05) is 26.0 Å². The molecule has 1 amide bonds. The zero-order valence-electron chi connectivity index (χ0n) is 15.8. The molecule has 28 heavy (non-hydrogen) atoms. The molecule has 0 aliphatic carbocycles. The van der Waals surface area contributed by atoms with Crippen LogP contribution in [-0.4, -0.2) is 44.9 Å². The van der Waals surface area contributed by atoms with Gasteiger partial charge in [-0.3, -0.25) is 9.59 Å². The zero-order chi connectivity index (χ0) is 21.1. The minimum Gasteiger partial charge on any atom is -0.481 e. The van der Waals surface area contributed by atoms with Crippen molar-refractivity contribution in [3.63, 3.8) is 0 Å². The number of aryl methyl sites for hydroxylation is 1. The molecule has 0 saturated carbocycles. The van der Waals surface area contributed by atoms with Gasteiger partial charge in [0.05, 0.1) is 12.0 Å². The third kappa shape index (κ3) is 5.34. The number of carboxylic acids is 1. The minimum atomic E-state index is -4.48. The van der Waals surface area contributed by atoms with Crippen LogP contribution in [0.3, 0.4) is 0 Å². The number of aromatic amines is 1. The van der Waals surface area contributed by atoms with Crippen molar-refractivity contribution in [1.82, 2.24) is 14.9 Å². The summed E-state index contributed by atoms with van der Waals surface area (Å²) in [6.45, 7) is 5.76. The van der Waals surface area contributed by atoms with Gasteiger partial charge < -0.3 is 15.0 Å². The van der Waals surface area contributed by atoms with Crippen molar-refractivity contribution in [2.75, 3.05) is 13.1 Å². The molecule has 0 spiro atoms. The summed E-state index contributed by atoms with van der Waals surface area (Å²) < 4.78 is 38.8. The minimum absolute atomic E-state index is 0.0253. The lowest BCUT2D eigenvalue weighted by atomic mass is 10.1. The largest absolute Gasteiger partial charge is 0.481 e. The van der Waals surface area contributed by atoms with E-state index < -0.39 is 23.6 Å². The molecule has 6 nitrogen and oxygen atoms in total. The van der Waals surface area contributed by atoms with Crippen LogP contribution in [0.15, 0.2) is 24.3 Å². The van der Waals surface area contributed by atoms with Crippen LogP contribution < -0.4 is 0 Å². The van der Waals surface area contributed by atoms with Crippen molar-refractivity contribution in [3.05, 3.63) is 41.2 Å².